The van der Waals surface area contributed by atoms with Gasteiger partial charge < -0.3 is 4.72 Å². The molecule has 1 aromatic carbocycles. The molecule has 1 saturated heterocycles. The van der Waals surface area contributed by atoms with Gasteiger partial charge in [0.15, 0.2) is 0 Å². The summed E-state index contributed by atoms with van der Waals surface area (Å²) in [5.41, 5.74) is 6.39. The molecular weight excluding hydrogens is 412 g/mol. The summed E-state index contributed by atoms with van der Waals surface area (Å²) < 4.78 is 17.2. The van der Waals surface area contributed by atoms with E-state index in [2.05, 4.69) is 65.2 Å². The number of hydrogen-bond donors (Lipinski definition) is 1. The van der Waals surface area contributed by atoms with Gasteiger partial charge in [-0.3, -0.25) is 9.29 Å². The minimum absolute atomic E-state index is 0.347. The SMILES string of the molecule is Cc1ccc(NSC2C=CC(N3CCS3=O)=CC2)cc1-c1ccc2cnccc2n1. The van der Waals surface area contributed by atoms with Gasteiger partial charge in [-0.1, -0.05) is 18.2 Å². The van der Waals surface area contributed by atoms with Gasteiger partial charge in [0.1, 0.15) is 11.0 Å². The van der Waals surface area contributed by atoms with E-state index in [0.29, 0.717) is 5.25 Å². The summed E-state index contributed by atoms with van der Waals surface area (Å²) >= 11 is 1.70. The molecule has 3 heterocycles. The maximum absolute atomic E-state index is 11.7. The molecule has 7 heteroatoms. The Morgan fingerprint density at radius 3 is 2.93 bits per heavy atom. The largest absolute Gasteiger partial charge is 0.329 e. The number of allylic oxidation sites excluding steroid dienone is 2. The van der Waals surface area contributed by atoms with Crippen molar-refractivity contribution in [2.75, 3.05) is 17.0 Å². The first-order valence-corrected chi connectivity index (χ1v) is 12.1. The van der Waals surface area contributed by atoms with Gasteiger partial charge in [0.05, 0.1) is 17.0 Å². The van der Waals surface area contributed by atoms with Crippen LogP contribution in [0.4, 0.5) is 5.69 Å². The molecule has 30 heavy (non-hydrogen) atoms. The van der Waals surface area contributed by atoms with E-state index in [1.165, 1.54) is 5.56 Å². The predicted octanol–water partition coefficient (Wildman–Crippen LogP) is 4.86. The Morgan fingerprint density at radius 2 is 2.17 bits per heavy atom. The fraction of sp³-hybridized carbons (Fsp3) is 0.217. The third kappa shape index (κ3) is 3.87. The lowest BCUT2D eigenvalue weighted by atomic mass is 10.0. The quantitative estimate of drug-likeness (QED) is 0.582. The molecule has 2 aromatic heterocycles. The molecule has 152 valence electrons. The van der Waals surface area contributed by atoms with Gasteiger partial charge in [-0.05, 0) is 67.3 Å². The number of benzene rings is 1. The molecule has 2 aliphatic rings. The van der Waals surface area contributed by atoms with E-state index in [9.17, 15) is 4.21 Å². The molecule has 0 spiro atoms. The number of aromatic nitrogens is 2. The van der Waals surface area contributed by atoms with E-state index in [0.717, 1.165) is 52.3 Å². The van der Waals surface area contributed by atoms with Gasteiger partial charge >= 0.3 is 0 Å². The van der Waals surface area contributed by atoms with Gasteiger partial charge in [-0.25, -0.2) is 9.19 Å². The van der Waals surface area contributed by atoms with Crippen LogP contribution in [0.5, 0.6) is 0 Å². The second-order valence-corrected chi connectivity index (χ2v) is 9.94. The van der Waals surface area contributed by atoms with Crippen molar-refractivity contribution in [3.8, 4) is 11.3 Å². The second kappa shape index (κ2) is 8.24. The zero-order valence-electron chi connectivity index (χ0n) is 16.6. The normalized spacial score (nSPS) is 20.7. The molecule has 1 fully saturated rings. The summed E-state index contributed by atoms with van der Waals surface area (Å²) in [4.78, 5) is 8.98. The molecule has 0 amide bonds. The highest BCUT2D eigenvalue weighted by Gasteiger charge is 2.25. The number of rotatable bonds is 5. The van der Waals surface area contributed by atoms with Crippen LogP contribution in [-0.2, 0) is 11.0 Å². The zero-order valence-corrected chi connectivity index (χ0v) is 18.2. The highest BCUT2D eigenvalue weighted by atomic mass is 32.2. The van der Waals surface area contributed by atoms with Crippen molar-refractivity contribution in [1.29, 1.82) is 0 Å². The van der Waals surface area contributed by atoms with E-state index in [1.807, 2.05) is 16.6 Å². The summed E-state index contributed by atoms with van der Waals surface area (Å²) in [5, 5.41) is 1.39. The van der Waals surface area contributed by atoms with Gasteiger partial charge in [0.2, 0.25) is 0 Å². The van der Waals surface area contributed by atoms with Crippen LogP contribution >= 0.6 is 11.9 Å². The van der Waals surface area contributed by atoms with Gasteiger partial charge in [0.25, 0.3) is 0 Å². The zero-order chi connectivity index (χ0) is 20.5. The number of aryl methyl sites for hydroxylation is 1. The van der Waals surface area contributed by atoms with Crippen LogP contribution in [0.25, 0.3) is 22.2 Å². The van der Waals surface area contributed by atoms with Crippen molar-refractivity contribution in [3.05, 3.63) is 78.3 Å². The Labute approximate surface area is 183 Å². The third-order valence-electron chi connectivity index (χ3n) is 5.37. The number of pyridine rings is 2. The van der Waals surface area contributed by atoms with Crippen LogP contribution in [0, 0.1) is 6.92 Å². The van der Waals surface area contributed by atoms with Crippen molar-refractivity contribution in [3.63, 3.8) is 0 Å². The summed E-state index contributed by atoms with van der Waals surface area (Å²) in [6.07, 6.45) is 11.0. The van der Waals surface area contributed by atoms with Gasteiger partial charge in [-0.2, -0.15) is 0 Å². The number of nitrogens with one attached hydrogen (secondary N) is 1. The molecule has 1 aliphatic heterocycles. The first kappa shape index (κ1) is 19.3. The molecule has 3 aromatic rings. The molecule has 0 bridgehead atoms. The Hall–Kier alpha value is -2.64. The van der Waals surface area contributed by atoms with Crippen LogP contribution < -0.4 is 4.72 Å². The lowest BCUT2D eigenvalue weighted by molar-refractivity contribution is 0.513. The standard InChI is InChI=1S/C23H22N4OS2/c1-16-2-4-18(14-21(16)23-9-3-17-15-24-11-10-22(17)25-23)26-29-20-7-5-19(6-8-20)27-12-13-30(27)28/h2-7,9-11,14-15,20,26H,8,12-13H2,1H3. The van der Waals surface area contributed by atoms with Crippen LogP contribution in [0.3, 0.4) is 0 Å². The smallest absolute Gasteiger partial charge is 0.121 e. The third-order valence-corrected chi connectivity index (χ3v) is 7.80. The van der Waals surface area contributed by atoms with E-state index < -0.39 is 11.0 Å². The van der Waals surface area contributed by atoms with E-state index in [1.54, 1.807) is 18.1 Å². The minimum atomic E-state index is -0.822. The summed E-state index contributed by atoms with van der Waals surface area (Å²) in [6.45, 7) is 3.00. The van der Waals surface area contributed by atoms with E-state index >= 15 is 0 Å². The fourth-order valence-electron chi connectivity index (χ4n) is 3.59. The van der Waals surface area contributed by atoms with E-state index in [4.69, 9.17) is 4.98 Å². The van der Waals surface area contributed by atoms with Crippen molar-refractivity contribution in [2.24, 2.45) is 0 Å². The maximum Gasteiger partial charge on any atom is 0.121 e. The van der Waals surface area contributed by atoms with Crippen LogP contribution in [-0.4, -0.2) is 36.0 Å². The number of hydrogen-bond acceptors (Lipinski definition) is 5. The summed E-state index contributed by atoms with van der Waals surface area (Å²) in [7, 11) is -0.822. The second-order valence-electron chi connectivity index (χ2n) is 7.40. The first-order chi connectivity index (χ1) is 14.7. The molecule has 0 saturated carbocycles. The number of anilines is 1. The van der Waals surface area contributed by atoms with Gasteiger partial charge in [-0.15, -0.1) is 0 Å². The lowest BCUT2D eigenvalue weighted by Crippen LogP contribution is -2.41. The monoisotopic (exact) mass is 434 g/mol. The number of fused-ring (bicyclic) bond motifs is 1. The Bertz CT molecular complexity index is 1190. The Morgan fingerprint density at radius 1 is 1.23 bits per heavy atom. The van der Waals surface area contributed by atoms with E-state index in [-0.39, 0.29) is 0 Å². The average molecular weight is 435 g/mol. The number of nitrogens with zero attached hydrogens (tertiary/aromatic N) is 3. The first-order valence-electron chi connectivity index (χ1n) is 9.95. The van der Waals surface area contributed by atoms with Crippen molar-refractivity contribution < 1.29 is 4.21 Å². The topological polar surface area (TPSA) is 58.1 Å². The van der Waals surface area contributed by atoms with Gasteiger partial charge in [0, 0.05) is 46.5 Å². The molecule has 1 aliphatic carbocycles. The molecule has 1 N–H and O–H groups in total. The van der Waals surface area contributed by atoms with Crippen LogP contribution in [0.15, 0.2) is 72.7 Å². The van der Waals surface area contributed by atoms with Crippen LogP contribution in [0.2, 0.25) is 0 Å². The molecule has 0 radical (unpaired) electrons. The summed E-state index contributed by atoms with van der Waals surface area (Å²) in [5.74, 6) is 0.781. The van der Waals surface area contributed by atoms with Crippen molar-refractivity contribution in [1.82, 2.24) is 14.3 Å². The Balaban J connectivity index is 1.28. The maximum atomic E-state index is 11.7. The molecule has 5 rings (SSSR count). The molecule has 2 atom stereocenters. The van der Waals surface area contributed by atoms with Crippen LogP contribution in [0.1, 0.15) is 12.0 Å². The molecule has 5 nitrogen and oxygen atoms in total. The minimum Gasteiger partial charge on any atom is -0.329 e. The Kier molecular flexibility index (Phi) is 5.31. The molecule has 2 unspecified atom stereocenters. The average Bonchev–Trinajstić information content (AvgIpc) is 2.78. The van der Waals surface area contributed by atoms with Crippen molar-refractivity contribution >= 4 is 39.5 Å². The highest BCUT2D eigenvalue weighted by Crippen LogP contribution is 2.31. The van der Waals surface area contributed by atoms with Crippen molar-refractivity contribution in [2.45, 2.75) is 18.6 Å². The summed E-state index contributed by atoms with van der Waals surface area (Å²) in [6, 6.07) is 12.5. The fourth-order valence-corrected chi connectivity index (χ4v) is 5.23. The predicted molar refractivity (Wildman–Crippen MR) is 126 cm³/mol. The molecular formula is C23H22N4OS2. The highest BCUT2D eigenvalue weighted by molar-refractivity contribution is 8.01. The lowest BCUT2D eigenvalue weighted by Gasteiger charge is -2.33.